The third kappa shape index (κ3) is 5.07. The number of nitrogens with zero attached hydrogens (tertiary/aromatic N) is 2. The number of hydrogen-bond acceptors (Lipinski definition) is 3. The largest absolute Gasteiger partial charge is 0.477 e. The van der Waals surface area contributed by atoms with E-state index in [1.807, 2.05) is 12.1 Å². The second-order valence-corrected chi connectivity index (χ2v) is 5.41. The van der Waals surface area contributed by atoms with Crippen LogP contribution in [0.2, 0.25) is 0 Å². The summed E-state index contributed by atoms with van der Waals surface area (Å²) in [6.45, 7) is 5.51. The summed E-state index contributed by atoms with van der Waals surface area (Å²) in [6.07, 6.45) is 5.39. The molecule has 0 amide bonds. The molecule has 0 radical (unpaired) electrons. The van der Waals surface area contributed by atoms with Gasteiger partial charge in [-0.05, 0) is 37.7 Å². The van der Waals surface area contributed by atoms with E-state index in [1.165, 1.54) is 12.8 Å². The summed E-state index contributed by atoms with van der Waals surface area (Å²) in [5.74, 6) is 1.91. The Bertz CT molecular complexity index is 440. The maximum absolute atomic E-state index is 5.81. The second-order valence-electron chi connectivity index (χ2n) is 5.41. The normalized spacial score (nSPS) is 16.8. The monoisotopic (exact) mass is 276 g/mol. The number of pyridine rings is 1. The van der Waals surface area contributed by atoms with E-state index >= 15 is 0 Å². The first kappa shape index (κ1) is 14.6. The van der Waals surface area contributed by atoms with Gasteiger partial charge in [-0.25, -0.2) is 9.98 Å². The predicted molar refractivity (Wildman–Crippen MR) is 80.7 cm³/mol. The van der Waals surface area contributed by atoms with Crippen molar-refractivity contribution < 1.29 is 4.74 Å². The topological polar surface area (TPSA) is 72.5 Å². The van der Waals surface area contributed by atoms with Crippen LogP contribution in [0.1, 0.15) is 38.7 Å². The van der Waals surface area contributed by atoms with E-state index in [0.717, 1.165) is 24.5 Å². The number of aromatic nitrogens is 1. The minimum absolute atomic E-state index is 0.343. The SMILES string of the molecule is CCC(C)NC(N)=NCc1ccc(OCC2CC2)nc1. The summed E-state index contributed by atoms with van der Waals surface area (Å²) >= 11 is 0. The van der Waals surface area contributed by atoms with Gasteiger partial charge in [-0.3, -0.25) is 0 Å². The van der Waals surface area contributed by atoms with Crippen molar-refractivity contribution in [3.05, 3.63) is 23.9 Å². The summed E-state index contributed by atoms with van der Waals surface area (Å²) in [6, 6.07) is 4.22. The maximum Gasteiger partial charge on any atom is 0.213 e. The van der Waals surface area contributed by atoms with Crippen LogP contribution in [0, 0.1) is 5.92 Å². The van der Waals surface area contributed by atoms with Gasteiger partial charge in [-0.2, -0.15) is 0 Å². The molecule has 0 spiro atoms. The van der Waals surface area contributed by atoms with Crippen molar-refractivity contribution in [1.29, 1.82) is 0 Å². The summed E-state index contributed by atoms with van der Waals surface area (Å²) in [5.41, 5.74) is 6.84. The van der Waals surface area contributed by atoms with Gasteiger partial charge in [0.1, 0.15) is 0 Å². The van der Waals surface area contributed by atoms with Crippen LogP contribution in [-0.2, 0) is 6.54 Å². The molecule has 5 heteroatoms. The van der Waals surface area contributed by atoms with E-state index < -0.39 is 0 Å². The third-order valence-electron chi connectivity index (χ3n) is 3.40. The molecule has 1 fully saturated rings. The van der Waals surface area contributed by atoms with Crippen molar-refractivity contribution in [1.82, 2.24) is 10.3 Å². The summed E-state index contributed by atoms with van der Waals surface area (Å²) in [7, 11) is 0. The summed E-state index contributed by atoms with van der Waals surface area (Å²) < 4.78 is 5.59. The molecule has 1 aliphatic carbocycles. The molecule has 110 valence electrons. The van der Waals surface area contributed by atoms with Crippen molar-refractivity contribution in [2.75, 3.05) is 6.61 Å². The fourth-order valence-corrected chi connectivity index (χ4v) is 1.65. The number of hydrogen-bond donors (Lipinski definition) is 2. The fourth-order valence-electron chi connectivity index (χ4n) is 1.65. The van der Waals surface area contributed by atoms with Gasteiger partial charge in [0.05, 0.1) is 13.2 Å². The zero-order valence-electron chi connectivity index (χ0n) is 12.3. The van der Waals surface area contributed by atoms with E-state index in [4.69, 9.17) is 10.5 Å². The van der Waals surface area contributed by atoms with E-state index in [1.54, 1.807) is 6.20 Å². The quantitative estimate of drug-likeness (QED) is 0.590. The minimum Gasteiger partial charge on any atom is -0.477 e. The number of ether oxygens (including phenoxy) is 1. The highest BCUT2D eigenvalue weighted by Crippen LogP contribution is 2.29. The van der Waals surface area contributed by atoms with Gasteiger partial charge in [0.25, 0.3) is 0 Å². The van der Waals surface area contributed by atoms with Gasteiger partial charge in [0.15, 0.2) is 5.96 Å². The smallest absolute Gasteiger partial charge is 0.213 e. The molecule has 2 rings (SSSR count). The first-order valence-electron chi connectivity index (χ1n) is 7.31. The molecule has 1 heterocycles. The van der Waals surface area contributed by atoms with Gasteiger partial charge >= 0.3 is 0 Å². The Morgan fingerprint density at radius 3 is 2.95 bits per heavy atom. The molecule has 0 bridgehead atoms. The molecule has 1 aromatic rings. The Kier molecular flexibility index (Phi) is 5.21. The number of aliphatic imine (C=N–C) groups is 1. The molecule has 20 heavy (non-hydrogen) atoms. The fraction of sp³-hybridized carbons (Fsp3) is 0.600. The van der Waals surface area contributed by atoms with Crippen LogP contribution in [0.3, 0.4) is 0 Å². The maximum atomic E-state index is 5.81. The lowest BCUT2D eigenvalue weighted by atomic mass is 10.3. The van der Waals surface area contributed by atoms with Gasteiger partial charge in [-0.15, -0.1) is 0 Å². The molecule has 1 atom stereocenters. The lowest BCUT2D eigenvalue weighted by Gasteiger charge is -2.11. The Hall–Kier alpha value is -1.78. The molecule has 0 aliphatic heterocycles. The first-order valence-corrected chi connectivity index (χ1v) is 7.31. The van der Waals surface area contributed by atoms with Crippen LogP contribution in [0.25, 0.3) is 0 Å². The van der Waals surface area contributed by atoms with Gasteiger partial charge in [0.2, 0.25) is 5.88 Å². The van der Waals surface area contributed by atoms with Gasteiger partial charge in [0, 0.05) is 18.3 Å². The zero-order chi connectivity index (χ0) is 14.4. The average molecular weight is 276 g/mol. The highest BCUT2D eigenvalue weighted by atomic mass is 16.5. The van der Waals surface area contributed by atoms with Crippen LogP contribution < -0.4 is 15.8 Å². The van der Waals surface area contributed by atoms with E-state index in [2.05, 4.69) is 29.1 Å². The van der Waals surface area contributed by atoms with Crippen molar-refractivity contribution in [2.24, 2.45) is 16.6 Å². The van der Waals surface area contributed by atoms with Gasteiger partial charge in [-0.1, -0.05) is 13.0 Å². The van der Waals surface area contributed by atoms with Crippen LogP contribution >= 0.6 is 0 Å². The van der Waals surface area contributed by atoms with Crippen LogP contribution in [0.15, 0.2) is 23.3 Å². The lowest BCUT2D eigenvalue weighted by molar-refractivity contribution is 0.288. The van der Waals surface area contributed by atoms with Crippen molar-refractivity contribution in [3.63, 3.8) is 0 Å². The van der Waals surface area contributed by atoms with Crippen molar-refractivity contribution in [2.45, 2.75) is 45.7 Å². The van der Waals surface area contributed by atoms with E-state index in [9.17, 15) is 0 Å². The molecule has 0 aromatic carbocycles. The van der Waals surface area contributed by atoms with Crippen LogP contribution in [-0.4, -0.2) is 23.6 Å². The molecule has 3 N–H and O–H groups in total. The number of nitrogens with two attached hydrogens (primary N) is 1. The minimum atomic E-state index is 0.343. The molecular weight excluding hydrogens is 252 g/mol. The lowest BCUT2D eigenvalue weighted by Crippen LogP contribution is -2.38. The molecule has 0 saturated heterocycles. The Labute approximate surface area is 120 Å². The molecular formula is C15H24N4O. The van der Waals surface area contributed by atoms with Crippen molar-refractivity contribution in [3.8, 4) is 5.88 Å². The zero-order valence-corrected chi connectivity index (χ0v) is 12.3. The predicted octanol–water partition coefficient (Wildman–Crippen LogP) is 2.07. The van der Waals surface area contributed by atoms with E-state index in [-0.39, 0.29) is 0 Å². The summed E-state index contributed by atoms with van der Waals surface area (Å²) in [4.78, 5) is 8.58. The molecule has 1 aromatic heterocycles. The molecule has 5 nitrogen and oxygen atoms in total. The number of guanidine groups is 1. The second kappa shape index (κ2) is 7.12. The van der Waals surface area contributed by atoms with E-state index in [0.29, 0.717) is 24.4 Å². The number of nitrogens with one attached hydrogen (secondary N) is 1. The standard InChI is InChI=1S/C15H24N4O/c1-3-11(2)19-15(16)18-9-13-6-7-14(17-8-13)20-10-12-4-5-12/h6-8,11-12H,3-5,9-10H2,1-2H3,(H3,16,18,19). The summed E-state index contributed by atoms with van der Waals surface area (Å²) in [5, 5.41) is 3.13. The highest BCUT2D eigenvalue weighted by molar-refractivity contribution is 5.78. The average Bonchev–Trinajstić information content (AvgIpc) is 3.28. The van der Waals surface area contributed by atoms with Crippen LogP contribution in [0.5, 0.6) is 5.88 Å². The molecule has 1 aliphatic rings. The van der Waals surface area contributed by atoms with Crippen molar-refractivity contribution >= 4 is 5.96 Å². The highest BCUT2D eigenvalue weighted by Gasteiger charge is 2.21. The Balaban J connectivity index is 1.78. The molecule has 1 saturated carbocycles. The molecule has 1 unspecified atom stereocenters. The van der Waals surface area contributed by atoms with Gasteiger partial charge < -0.3 is 15.8 Å². The Morgan fingerprint density at radius 2 is 2.35 bits per heavy atom. The Morgan fingerprint density at radius 1 is 1.55 bits per heavy atom. The third-order valence-corrected chi connectivity index (χ3v) is 3.40. The van der Waals surface area contributed by atoms with Crippen LogP contribution in [0.4, 0.5) is 0 Å². The number of rotatable bonds is 7. The first-order chi connectivity index (χ1) is 9.67.